The third-order valence-electron chi connectivity index (χ3n) is 2.81. The van der Waals surface area contributed by atoms with E-state index in [9.17, 15) is 4.79 Å². The fraction of sp³-hybridized carbons (Fsp3) is 0.0833. The van der Waals surface area contributed by atoms with Gasteiger partial charge < -0.3 is 11.1 Å². The molecule has 0 aliphatic carbocycles. The molecule has 0 saturated carbocycles. The van der Waals surface area contributed by atoms with E-state index in [0.29, 0.717) is 16.5 Å². The van der Waals surface area contributed by atoms with Crippen LogP contribution in [0.25, 0.3) is 5.69 Å². The van der Waals surface area contributed by atoms with Gasteiger partial charge in [-0.25, -0.2) is 9.67 Å². The normalized spacial score (nSPS) is 10.5. The number of nitrogens with two attached hydrogens (primary N) is 1. The van der Waals surface area contributed by atoms with Crippen LogP contribution in [0.3, 0.4) is 0 Å². The highest BCUT2D eigenvalue weighted by atomic mass is 32.1. The van der Waals surface area contributed by atoms with Crippen LogP contribution in [0.1, 0.15) is 16.1 Å². The second kappa shape index (κ2) is 5.29. The summed E-state index contributed by atoms with van der Waals surface area (Å²) < 4.78 is 1.56. The number of amides is 1. The Morgan fingerprint density at radius 2 is 2.29 bits per heavy atom. The number of carbonyl (C=O) groups excluding carboxylic acids is 1. The highest BCUT2D eigenvalue weighted by molar-refractivity contribution is 7.13. The van der Waals surface area contributed by atoms with E-state index in [1.54, 1.807) is 16.1 Å². The molecule has 1 amide bonds. The Balaban J connectivity index is 1.81. The molecule has 1 aromatic carbocycles. The van der Waals surface area contributed by atoms with Crippen molar-refractivity contribution >= 4 is 28.1 Å². The van der Waals surface area contributed by atoms with E-state index in [2.05, 4.69) is 25.8 Å². The smallest absolute Gasteiger partial charge is 0.275 e. The van der Waals surface area contributed by atoms with Crippen LogP contribution in [0.15, 0.2) is 29.9 Å². The number of benzene rings is 1. The summed E-state index contributed by atoms with van der Waals surface area (Å²) in [5.74, 6) is -0.294. The van der Waals surface area contributed by atoms with Gasteiger partial charge in [0.1, 0.15) is 12.0 Å². The van der Waals surface area contributed by atoms with Gasteiger partial charge in [-0.15, -0.1) is 16.4 Å². The lowest BCUT2D eigenvalue weighted by atomic mass is 10.2. The number of rotatable bonds is 3. The van der Waals surface area contributed by atoms with E-state index in [1.165, 1.54) is 17.7 Å². The number of nitrogens with one attached hydrogen (secondary N) is 1. The van der Waals surface area contributed by atoms with E-state index < -0.39 is 0 Å². The average molecular weight is 301 g/mol. The minimum Gasteiger partial charge on any atom is -0.375 e. The molecule has 2 heterocycles. The molecule has 3 aromatic rings. The van der Waals surface area contributed by atoms with Gasteiger partial charge in [-0.3, -0.25) is 4.79 Å². The third kappa shape index (κ3) is 2.72. The second-order valence-electron chi connectivity index (χ2n) is 4.28. The maximum Gasteiger partial charge on any atom is 0.275 e. The zero-order valence-electron chi connectivity index (χ0n) is 11.0. The molecule has 3 N–H and O–H groups in total. The van der Waals surface area contributed by atoms with Crippen LogP contribution in [0.4, 0.5) is 10.8 Å². The molecule has 0 spiro atoms. The van der Waals surface area contributed by atoms with Gasteiger partial charge in [0.05, 0.1) is 5.69 Å². The van der Waals surface area contributed by atoms with Crippen molar-refractivity contribution < 1.29 is 4.79 Å². The standard InChI is InChI=1S/C12H11N7OS/c1-7-4-8(2-3-10(7)19-6-14-17-18-19)15-11(20)9-5-21-12(13)16-9/h2-6H,1H3,(H2,13,16)(H,15,20). The molecule has 106 valence electrons. The van der Waals surface area contributed by atoms with E-state index in [0.717, 1.165) is 11.3 Å². The zero-order chi connectivity index (χ0) is 14.8. The molecule has 0 bridgehead atoms. The number of aryl methyl sites for hydroxylation is 1. The molecule has 21 heavy (non-hydrogen) atoms. The quantitative estimate of drug-likeness (QED) is 0.753. The molecule has 0 aliphatic heterocycles. The van der Waals surface area contributed by atoms with Crippen molar-refractivity contribution in [3.63, 3.8) is 0 Å². The molecule has 3 rings (SSSR count). The van der Waals surface area contributed by atoms with Gasteiger partial charge >= 0.3 is 0 Å². The van der Waals surface area contributed by atoms with Crippen molar-refractivity contribution in [1.29, 1.82) is 0 Å². The predicted molar refractivity (Wildman–Crippen MR) is 78.4 cm³/mol. The second-order valence-corrected chi connectivity index (χ2v) is 5.17. The Morgan fingerprint density at radius 1 is 1.43 bits per heavy atom. The number of carbonyl (C=O) groups is 1. The predicted octanol–water partition coefficient (Wildman–Crippen LogP) is 1.26. The summed E-state index contributed by atoms with van der Waals surface area (Å²) in [6.45, 7) is 1.91. The maximum absolute atomic E-state index is 12.0. The zero-order valence-corrected chi connectivity index (χ0v) is 11.8. The molecule has 8 nitrogen and oxygen atoms in total. The fourth-order valence-electron chi connectivity index (χ4n) is 1.85. The van der Waals surface area contributed by atoms with E-state index in [4.69, 9.17) is 5.73 Å². The number of tetrazole rings is 1. The average Bonchev–Trinajstić information content (AvgIpc) is 3.10. The molecule has 0 unspecified atom stereocenters. The molecular weight excluding hydrogens is 290 g/mol. The number of aromatic nitrogens is 5. The number of hydrogen-bond donors (Lipinski definition) is 2. The molecule has 0 aliphatic rings. The molecule has 2 aromatic heterocycles. The number of thiazole rings is 1. The Kier molecular flexibility index (Phi) is 3.32. The lowest BCUT2D eigenvalue weighted by Gasteiger charge is -2.08. The van der Waals surface area contributed by atoms with Gasteiger partial charge in [0.25, 0.3) is 5.91 Å². The van der Waals surface area contributed by atoms with Gasteiger partial charge in [0.15, 0.2) is 5.13 Å². The van der Waals surface area contributed by atoms with Crippen LogP contribution in [-0.2, 0) is 0 Å². The Morgan fingerprint density at radius 3 is 2.90 bits per heavy atom. The van der Waals surface area contributed by atoms with E-state index in [1.807, 2.05) is 19.1 Å². The first kappa shape index (κ1) is 13.2. The molecule has 0 fully saturated rings. The highest BCUT2D eigenvalue weighted by Gasteiger charge is 2.11. The number of nitrogens with zero attached hydrogens (tertiary/aromatic N) is 5. The molecular formula is C12H11N7OS. The maximum atomic E-state index is 12.0. The van der Waals surface area contributed by atoms with Crippen LogP contribution in [0, 0.1) is 6.92 Å². The summed E-state index contributed by atoms with van der Waals surface area (Å²) >= 11 is 1.23. The van der Waals surface area contributed by atoms with Crippen molar-refractivity contribution in [2.45, 2.75) is 6.92 Å². The topological polar surface area (TPSA) is 112 Å². The summed E-state index contributed by atoms with van der Waals surface area (Å²) in [5, 5.41) is 15.8. The van der Waals surface area contributed by atoms with Crippen LogP contribution in [-0.4, -0.2) is 31.1 Å². The minimum absolute atomic E-state index is 0.294. The minimum atomic E-state index is -0.294. The first-order valence-corrected chi connectivity index (χ1v) is 6.88. The van der Waals surface area contributed by atoms with Crippen LogP contribution in [0.2, 0.25) is 0 Å². The third-order valence-corrected chi connectivity index (χ3v) is 3.48. The Bertz CT molecular complexity index is 781. The fourth-order valence-corrected chi connectivity index (χ4v) is 2.39. The summed E-state index contributed by atoms with van der Waals surface area (Å²) in [4.78, 5) is 15.9. The first-order chi connectivity index (χ1) is 10.1. The monoisotopic (exact) mass is 301 g/mol. The first-order valence-electron chi connectivity index (χ1n) is 6.00. The SMILES string of the molecule is Cc1cc(NC(=O)c2csc(N)n2)ccc1-n1cnnn1. The van der Waals surface area contributed by atoms with E-state index >= 15 is 0 Å². The lowest BCUT2D eigenvalue weighted by molar-refractivity contribution is 0.102. The lowest BCUT2D eigenvalue weighted by Crippen LogP contribution is -2.12. The van der Waals surface area contributed by atoms with Gasteiger partial charge in [-0.2, -0.15) is 0 Å². The Hall–Kier alpha value is -2.81. The van der Waals surface area contributed by atoms with Crippen molar-refractivity contribution in [3.8, 4) is 5.69 Å². The molecule has 9 heteroatoms. The summed E-state index contributed by atoms with van der Waals surface area (Å²) in [7, 11) is 0. The van der Waals surface area contributed by atoms with Crippen LogP contribution < -0.4 is 11.1 Å². The number of anilines is 2. The number of nitrogen functional groups attached to an aromatic ring is 1. The van der Waals surface area contributed by atoms with Crippen LogP contribution in [0.5, 0.6) is 0 Å². The molecule has 0 atom stereocenters. The van der Waals surface area contributed by atoms with Gasteiger partial charge in [0.2, 0.25) is 0 Å². The molecule has 0 radical (unpaired) electrons. The van der Waals surface area contributed by atoms with Crippen molar-refractivity contribution in [3.05, 3.63) is 41.2 Å². The van der Waals surface area contributed by atoms with Gasteiger partial charge in [-0.1, -0.05) is 0 Å². The summed E-state index contributed by atoms with van der Waals surface area (Å²) in [6.07, 6.45) is 1.51. The van der Waals surface area contributed by atoms with Crippen LogP contribution >= 0.6 is 11.3 Å². The summed E-state index contributed by atoms with van der Waals surface area (Å²) in [5.41, 5.74) is 8.26. The Labute approximate surface area is 123 Å². The summed E-state index contributed by atoms with van der Waals surface area (Å²) in [6, 6.07) is 5.44. The largest absolute Gasteiger partial charge is 0.375 e. The molecule has 0 saturated heterocycles. The van der Waals surface area contributed by atoms with Gasteiger partial charge in [0, 0.05) is 11.1 Å². The van der Waals surface area contributed by atoms with Gasteiger partial charge in [-0.05, 0) is 41.1 Å². The number of hydrogen-bond acceptors (Lipinski definition) is 7. The van der Waals surface area contributed by atoms with E-state index in [-0.39, 0.29) is 5.91 Å². The highest BCUT2D eigenvalue weighted by Crippen LogP contribution is 2.19. The van der Waals surface area contributed by atoms with Crippen molar-refractivity contribution in [2.24, 2.45) is 0 Å². The van der Waals surface area contributed by atoms with Crippen molar-refractivity contribution in [2.75, 3.05) is 11.1 Å². The van der Waals surface area contributed by atoms with Crippen molar-refractivity contribution in [1.82, 2.24) is 25.2 Å².